The molecular formula is C17H19NO4. The van der Waals surface area contributed by atoms with Crippen LogP contribution in [0.4, 0.5) is 0 Å². The van der Waals surface area contributed by atoms with Gasteiger partial charge < -0.3 is 14.4 Å². The first-order valence-electron chi connectivity index (χ1n) is 7.53. The van der Waals surface area contributed by atoms with Gasteiger partial charge in [0.05, 0.1) is 6.10 Å². The lowest BCUT2D eigenvalue weighted by Crippen LogP contribution is -2.12. The van der Waals surface area contributed by atoms with Crippen LogP contribution in [0.2, 0.25) is 0 Å². The van der Waals surface area contributed by atoms with Crippen LogP contribution in [0, 0.1) is 13.8 Å². The highest BCUT2D eigenvalue weighted by Gasteiger charge is 2.22. The first-order chi connectivity index (χ1) is 10.6. The molecule has 0 unspecified atom stereocenters. The summed E-state index contributed by atoms with van der Waals surface area (Å²) in [6, 6.07) is 5.34. The monoisotopic (exact) mass is 301 g/mol. The average Bonchev–Trinajstić information content (AvgIpc) is 3.15. The average molecular weight is 301 g/mol. The van der Waals surface area contributed by atoms with Crippen LogP contribution >= 0.6 is 0 Å². The Balaban J connectivity index is 2.01. The molecule has 3 rings (SSSR count). The minimum absolute atomic E-state index is 0.167. The predicted octanol–water partition coefficient (Wildman–Crippen LogP) is 3.98. The number of hydrogen-bond acceptors (Lipinski definition) is 4. The Morgan fingerprint density at radius 2 is 2.05 bits per heavy atom. The zero-order valence-electron chi connectivity index (χ0n) is 12.8. The number of rotatable bonds is 4. The number of aryl methyl sites for hydroxylation is 1. The van der Waals surface area contributed by atoms with Gasteiger partial charge in [-0.2, -0.15) is 0 Å². The fourth-order valence-electron chi connectivity index (χ4n) is 2.82. The molecule has 1 heterocycles. The molecule has 1 aliphatic carbocycles. The molecule has 0 atom stereocenters. The lowest BCUT2D eigenvalue weighted by Gasteiger charge is -2.19. The third kappa shape index (κ3) is 2.71. The molecule has 0 saturated heterocycles. The molecule has 1 N–H and O–H groups in total. The second-order valence-corrected chi connectivity index (χ2v) is 5.79. The van der Waals surface area contributed by atoms with Crippen molar-refractivity contribution in [3.63, 3.8) is 0 Å². The number of ether oxygens (including phenoxy) is 1. The highest BCUT2D eigenvalue weighted by atomic mass is 16.5. The number of carboxylic acid groups (broad SMARTS) is 1. The number of hydrogen-bond donors (Lipinski definition) is 1. The van der Waals surface area contributed by atoms with Gasteiger partial charge in [0.15, 0.2) is 0 Å². The normalized spacial score (nSPS) is 15.2. The molecule has 0 bridgehead atoms. The van der Waals surface area contributed by atoms with Crippen LogP contribution in [0.3, 0.4) is 0 Å². The van der Waals surface area contributed by atoms with Crippen molar-refractivity contribution in [2.75, 3.05) is 0 Å². The highest BCUT2D eigenvalue weighted by molar-refractivity contribution is 5.86. The molecule has 0 aliphatic heterocycles. The highest BCUT2D eigenvalue weighted by Crippen LogP contribution is 2.37. The Hall–Kier alpha value is -2.30. The summed E-state index contributed by atoms with van der Waals surface area (Å²) in [7, 11) is 0. The van der Waals surface area contributed by atoms with Gasteiger partial charge in [-0.25, -0.2) is 4.79 Å². The largest absolute Gasteiger partial charge is 0.489 e. The summed E-state index contributed by atoms with van der Waals surface area (Å²) < 4.78 is 11.1. The second-order valence-electron chi connectivity index (χ2n) is 5.79. The van der Waals surface area contributed by atoms with E-state index in [0.717, 1.165) is 35.3 Å². The van der Waals surface area contributed by atoms with Crippen LogP contribution in [0.15, 0.2) is 22.7 Å². The molecule has 2 aromatic rings. The van der Waals surface area contributed by atoms with Crippen molar-refractivity contribution in [3.05, 3.63) is 35.1 Å². The molecule has 0 radical (unpaired) electrons. The third-order valence-corrected chi connectivity index (χ3v) is 4.26. The molecule has 1 aromatic heterocycles. The van der Waals surface area contributed by atoms with E-state index in [1.54, 1.807) is 0 Å². The van der Waals surface area contributed by atoms with Gasteiger partial charge in [0.25, 0.3) is 0 Å². The van der Waals surface area contributed by atoms with E-state index in [9.17, 15) is 4.79 Å². The second kappa shape index (κ2) is 5.83. The smallest absolute Gasteiger partial charge is 0.374 e. The standard InChI is InChI=1S/C17H19NO4/c1-10-7-8-13(14-9-15(17(19)20)22-18-14)16(11(10)2)21-12-5-3-4-6-12/h7-9,12H,3-6H2,1-2H3,(H,19,20). The number of aromatic carboxylic acids is 1. The van der Waals surface area contributed by atoms with Crippen molar-refractivity contribution < 1.29 is 19.2 Å². The Labute approximate surface area is 128 Å². The van der Waals surface area contributed by atoms with Crippen molar-refractivity contribution >= 4 is 5.97 Å². The lowest BCUT2D eigenvalue weighted by atomic mass is 10.0. The summed E-state index contributed by atoms with van der Waals surface area (Å²) in [6.07, 6.45) is 4.73. The Kier molecular flexibility index (Phi) is 3.88. The number of carboxylic acids is 1. The van der Waals surface area contributed by atoms with Crippen LogP contribution in [-0.2, 0) is 0 Å². The molecule has 1 aliphatic rings. The topological polar surface area (TPSA) is 72.6 Å². The molecule has 1 aromatic carbocycles. The zero-order chi connectivity index (χ0) is 15.7. The van der Waals surface area contributed by atoms with Crippen LogP contribution < -0.4 is 4.74 Å². The van der Waals surface area contributed by atoms with Gasteiger partial charge in [-0.05, 0) is 56.7 Å². The first-order valence-corrected chi connectivity index (χ1v) is 7.53. The molecule has 1 saturated carbocycles. The SMILES string of the molecule is Cc1ccc(-c2cc(C(=O)O)on2)c(OC2CCCC2)c1C. The molecule has 116 valence electrons. The van der Waals surface area contributed by atoms with Crippen LogP contribution in [0.1, 0.15) is 47.4 Å². The van der Waals surface area contributed by atoms with Crippen LogP contribution in [0.5, 0.6) is 5.75 Å². The fraction of sp³-hybridized carbons (Fsp3) is 0.412. The van der Waals surface area contributed by atoms with Gasteiger partial charge in [-0.15, -0.1) is 0 Å². The Morgan fingerprint density at radius 3 is 2.68 bits per heavy atom. The zero-order valence-corrected chi connectivity index (χ0v) is 12.8. The first kappa shape index (κ1) is 14.6. The third-order valence-electron chi connectivity index (χ3n) is 4.26. The minimum Gasteiger partial charge on any atom is -0.489 e. The summed E-state index contributed by atoms with van der Waals surface area (Å²) >= 11 is 0. The van der Waals surface area contributed by atoms with E-state index in [4.69, 9.17) is 14.4 Å². The van der Waals surface area contributed by atoms with Crippen molar-refractivity contribution in [2.45, 2.75) is 45.6 Å². The molecule has 0 spiro atoms. The van der Waals surface area contributed by atoms with Crippen molar-refractivity contribution in [2.24, 2.45) is 0 Å². The fourth-order valence-corrected chi connectivity index (χ4v) is 2.82. The quantitative estimate of drug-likeness (QED) is 0.924. The Bertz CT molecular complexity index is 699. The molecule has 22 heavy (non-hydrogen) atoms. The van der Waals surface area contributed by atoms with E-state index in [1.807, 2.05) is 26.0 Å². The summed E-state index contributed by atoms with van der Waals surface area (Å²) in [4.78, 5) is 11.0. The molecule has 1 fully saturated rings. The van der Waals surface area contributed by atoms with E-state index in [1.165, 1.54) is 18.9 Å². The maximum atomic E-state index is 11.0. The maximum absolute atomic E-state index is 11.0. The van der Waals surface area contributed by atoms with Gasteiger partial charge in [0.2, 0.25) is 5.76 Å². The van der Waals surface area contributed by atoms with Gasteiger partial charge in [-0.1, -0.05) is 11.2 Å². The summed E-state index contributed by atoms with van der Waals surface area (Å²) in [5.74, 6) is -0.502. The van der Waals surface area contributed by atoms with Crippen LogP contribution in [-0.4, -0.2) is 22.3 Å². The van der Waals surface area contributed by atoms with E-state index in [-0.39, 0.29) is 11.9 Å². The number of carbonyl (C=O) groups is 1. The lowest BCUT2D eigenvalue weighted by molar-refractivity contribution is 0.0652. The number of nitrogens with zero attached hydrogens (tertiary/aromatic N) is 1. The molecule has 0 amide bonds. The van der Waals surface area contributed by atoms with Gasteiger partial charge in [0.1, 0.15) is 11.4 Å². The van der Waals surface area contributed by atoms with E-state index >= 15 is 0 Å². The minimum atomic E-state index is -1.12. The molecular weight excluding hydrogens is 282 g/mol. The van der Waals surface area contributed by atoms with Gasteiger partial charge in [0, 0.05) is 11.6 Å². The van der Waals surface area contributed by atoms with E-state index in [0.29, 0.717) is 5.69 Å². The van der Waals surface area contributed by atoms with E-state index in [2.05, 4.69) is 5.16 Å². The van der Waals surface area contributed by atoms with E-state index < -0.39 is 5.97 Å². The Morgan fingerprint density at radius 1 is 1.32 bits per heavy atom. The maximum Gasteiger partial charge on any atom is 0.374 e. The van der Waals surface area contributed by atoms with Crippen LogP contribution in [0.25, 0.3) is 11.3 Å². The predicted molar refractivity (Wildman–Crippen MR) is 81.3 cm³/mol. The summed E-state index contributed by atoms with van der Waals surface area (Å²) in [6.45, 7) is 4.05. The molecule has 5 heteroatoms. The summed E-state index contributed by atoms with van der Waals surface area (Å²) in [5, 5.41) is 12.9. The summed E-state index contributed by atoms with van der Waals surface area (Å²) in [5.41, 5.74) is 3.47. The number of benzene rings is 1. The van der Waals surface area contributed by atoms with Crippen molar-refractivity contribution in [3.8, 4) is 17.0 Å². The van der Waals surface area contributed by atoms with Gasteiger partial charge in [-0.3, -0.25) is 0 Å². The van der Waals surface area contributed by atoms with Gasteiger partial charge >= 0.3 is 5.97 Å². The number of aromatic nitrogens is 1. The molecule has 5 nitrogen and oxygen atoms in total. The van der Waals surface area contributed by atoms with Crippen molar-refractivity contribution in [1.29, 1.82) is 0 Å². The van der Waals surface area contributed by atoms with Crippen molar-refractivity contribution in [1.82, 2.24) is 5.16 Å².